The number of carbonyl (C=O) groups excluding carboxylic acids is 1. The summed E-state index contributed by atoms with van der Waals surface area (Å²) in [6, 6.07) is 10.7. The summed E-state index contributed by atoms with van der Waals surface area (Å²) in [6.07, 6.45) is 4.45. The van der Waals surface area contributed by atoms with Gasteiger partial charge < -0.3 is 20.3 Å². The molecule has 7 nitrogen and oxygen atoms in total. The molecule has 1 amide bonds. The fraction of sp³-hybridized carbons (Fsp3) is 0.250. The fourth-order valence-corrected chi connectivity index (χ4v) is 3.27. The first-order chi connectivity index (χ1) is 13.1. The number of aromatic nitrogens is 3. The van der Waals surface area contributed by atoms with Crippen LogP contribution in [0.1, 0.15) is 22.3 Å². The van der Waals surface area contributed by atoms with Gasteiger partial charge in [0.1, 0.15) is 5.75 Å². The molecule has 3 heterocycles. The van der Waals surface area contributed by atoms with Gasteiger partial charge in [0.2, 0.25) is 5.95 Å². The van der Waals surface area contributed by atoms with Crippen LogP contribution in [0.25, 0.3) is 11.4 Å². The average molecular weight is 363 g/mol. The average Bonchev–Trinajstić information content (AvgIpc) is 3.36. The molecule has 0 saturated carbocycles. The van der Waals surface area contributed by atoms with Gasteiger partial charge in [0.05, 0.1) is 11.4 Å². The zero-order valence-electron chi connectivity index (χ0n) is 15.0. The van der Waals surface area contributed by atoms with Crippen LogP contribution in [0, 0.1) is 6.92 Å². The van der Waals surface area contributed by atoms with Crippen molar-refractivity contribution in [1.29, 1.82) is 0 Å². The lowest BCUT2D eigenvalue weighted by atomic mass is 10.1. The van der Waals surface area contributed by atoms with E-state index in [0.29, 0.717) is 23.6 Å². The molecule has 0 bridgehead atoms. The van der Waals surface area contributed by atoms with Crippen molar-refractivity contribution in [2.24, 2.45) is 0 Å². The van der Waals surface area contributed by atoms with E-state index in [4.69, 9.17) is 0 Å². The van der Waals surface area contributed by atoms with Crippen molar-refractivity contribution >= 4 is 11.9 Å². The topological polar surface area (TPSA) is 94.1 Å². The molecule has 1 aromatic carbocycles. The summed E-state index contributed by atoms with van der Waals surface area (Å²) in [4.78, 5) is 26.7. The van der Waals surface area contributed by atoms with E-state index in [1.807, 2.05) is 24.4 Å². The Bertz CT molecular complexity index is 955. The number of aryl methyl sites for hydroxylation is 1. The van der Waals surface area contributed by atoms with Crippen LogP contribution >= 0.6 is 0 Å². The molecule has 1 saturated heterocycles. The molecule has 1 aliphatic heterocycles. The lowest BCUT2D eigenvalue weighted by molar-refractivity contribution is 0.0940. The number of benzene rings is 1. The van der Waals surface area contributed by atoms with Crippen LogP contribution in [-0.4, -0.2) is 45.1 Å². The van der Waals surface area contributed by atoms with Crippen LogP contribution in [0.5, 0.6) is 5.75 Å². The Kier molecular flexibility index (Phi) is 4.50. The predicted octanol–water partition coefficient (Wildman–Crippen LogP) is 2.49. The number of hydrogen-bond acceptors (Lipinski definition) is 5. The van der Waals surface area contributed by atoms with Crippen molar-refractivity contribution < 1.29 is 9.90 Å². The number of nitrogens with one attached hydrogen (secondary N) is 2. The highest BCUT2D eigenvalue weighted by Crippen LogP contribution is 2.21. The molecule has 7 heteroatoms. The Morgan fingerprint density at radius 1 is 1.33 bits per heavy atom. The van der Waals surface area contributed by atoms with E-state index < -0.39 is 0 Å². The van der Waals surface area contributed by atoms with E-state index in [2.05, 4.69) is 25.2 Å². The predicted molar refractivity (Wildman–Crippen MR) is 103 cm³/mol. The van der Waals surface area contributed by atoms with Gasteiger partial charge in [-0.05, 0) is 55.3 Å². The monoisotopic (exact) mass is 363 g/mol. The molecular weight excluding hydrogens is 342 g/mol. The second-order valence-electron chi connectivity index (χ2n) is 6.73. The first-order valence-corrected chi connectivity index (χ1v) is 8.92. The van der Waals surface area contributed by atoms with Crippen LogP contribution in [0.3, 0.4) is 0 Å². The van der Waals surface area contributed by atoms with Crippen molar-refractivity contribution in [2.45, 2.75) is 19.4 Å². The van der Waals surface area contributed by atoms with Crippen LogP contribution in [-0.2, 0) is 0 Å². The summed E-state index contributed by atoms with van der Waals surface area (Å²) in [6.45, 7) is 3.22. The maximum atomic E-state index is 12.5. The number of amides is 1. The summed E-state index contributed by atoms with van der Waals surface area (Å²) >= 11 is 0. The van der Waals surface area contributed by atoms with Gasteiger partial charge in [0.25, 0.3) is 5.91 Å². The van der Waals surface area contributed by atoms with Gasteiger partial charge in [0.15, 0.2) is 0 Å². The van der Waals surface area contributed by atoms with Crippen molar-refractivity contribution in [3.05, 3.63) is 59.9 Å². The van der Waals surface area contributed by atoms with Gasteiger partial charge in [0, 0.05) is 37.1 Å². The number of rotatable bonds is 4. The summed E-state index contributed by atoms with van der Waals surface area (Å²) in [5.41, 5.74) is 3.03. The highest BCUT2D eigenvalue weighted by atomic mass is 16.3. The van der Waals surface area contributed by atoms with E-state index in [0.717, 1.165) is 24.4 Å². The number of H-pyrrole nitrogens is 1. The van der Waals surface area contributed by atoms with Gasteiger partial charge in [-0.1, -0.05) is 0 Å². The lowest BCUT2D eigenvalue weighted by Crippen LogP contribution is -2.37. The molecule has 138 valence electrons. The van der Waals surface area contributed by atoms with E-state index in [1.54, 1.807) is 31.3 Å². The largest absolute Gasteiger partial charge is 0.508 e. The highest BCUT2D eigenvalue weighted by Gasteiger charge is 2.26. The van der Waals surface area contributed by atoms with E-state index in [1.165, 1.54) is 0 Å². The minimum atomic E-state index is -0.133. The number of phenols is 1. The van der Waals surface area contributed by atoms with Crippen LogP contribution in [0.4, 0.5) is 5.95 Å². The van der Waals surface area contributed by atoms with Crippen molar-refractivity contribution in [2.75, 3.05) is 18.0 Å². The minimum absolute atomic E-state index is 0.0318. The van der Waals surface area contributed by atoms with Crippen molar-refractivity contribution in [3.63, 3.8) is 0 Å². The lowest BCUT2D eigenvalue weighted by Gasteiger charge is -2.17. The molecule has 3 aromatic rings. The third-order valence-corrected chi connectivity index (χ3v) is 4.78. The first-order valence-electron chi connectivity index (χ1n) is 8.92. The zero-order valence-corrected chi connectivity index (χ0v) is 15.0. The molecule has 4 rings (SSSR count). The molecular formula is C20H21N5O2. The Balaban J connectivity index is 1.42. The first kappa shape index (κ1) is 17.1. The normalized spacial score (nSPS) is 16.5. The smallest absolute Gasteiger partial charge is 0.251 e. The van der Waals surface area contributed by atoms with Crippen LogP contribution in [0.15, 0.2) is 48.8 Å². The van der Waals surface area contributed by atoms with Gasteiger partial charge in [-0.25, -0.2) is 9.97 Å². The molecule has 1 fully saturated rings. The van der Waals surface area contributed by atoms with Crippen LogP contribution in [0.2, 0.25) is 0 Å². The summed E-state index contributed by atoms with van der Waals surface area (Å²) in [5.74, 6) is 0.725. The second-order valence-corrected chi connectivity index (χ2v) is 6.73. The van der Waals surface area contributed by atoms with Crippen LogP contribution < -0.4 is 10.2 Å². The number of phenolic OH excluding ortho intramolecular Hbond substituents is 1. The molecule has 0 spiro atoms. The maximum absolute atomic E-state index is 12.5. The quantitative estimate of drug-likeness (QED) is 0.662. The van der Waals surface area contributed by atoms with Crippen molar-refractivity contribution in [1.82, 2.24) is 20.3 Å². The van der Waals surface area contributed by atoms with E-state index in [-0.39, 0.29) is 17.7 Å². The minimum Gasteiger partial charge on any atom is -0.508 e. The third-order valence-electron chi connectivity index (χ3n) is 4.78. The molecule has 27 heavy (non-hydrogen) atoms. The van der Waals surface area contributed by atoms with Gasteiger partial charge >= 0.3 is 0 Å². The molecule has 0 aliphatic carbocycles. The van der Waals surface area contributed by atoms with Gasteiger partial charge in [-0.3, -0.25) is 4.79 Å². The molecule has 3 N–H and O–H groups in total. The summed E-state index contributed by atoms with van der Waals surface area (Å²) in [5, 5.41) is 12.7. The Morgan fingerprint density at radius 2 is 2.22 bits per heavy atom. The molecule has 1 unspecified atom stereocenters. The number of aromatic amines is 1. The Labute approximate surface area is 157 Å². The molecule has 2 aromatic heterocycles. The standard InChI is InChI=1S/C20H21N5O2/c1-13-11-14(4-5-18(13)26)19(27)23-15-7-10-25(12-15)20-22-9-6-17(24-20)16-3-2-8-21-16/h2-6,8-9,11,15,21,26H,7,10,12H2,1H3,(H,23,27). The van der Waals surface area contributed by atoms with E-state index >= 15 is 0 Å². The molecule has 1 atom stereocenters. The molecule has 1 aliphatic rings. The Morgan fingerprint density at radius 3 is 3.00 bits per heavy atom. The number of carbonyl (C=O) groups is 1. The fourth-order valence-electron chi connectivity index (χ4n) is 3.27. The maximum Gasteiger partial charge on any atom is 0.251 e. The SMILES string of the molecule is Cc1cc(C(=O)NC2CCN(c3nccc(-c4ccc[nH]4)n3)C2)ccc1O. The van der Waals surface area contributed by atoms with Crippen molar-refractivity contribution in [3.8, 4) is 17.1 Å². The zero-order chi connectivity index (χ0) is 18.8. The second kappa shape index (κ2) is 7.11. The number of nitrogens with zero attached hydrogens (tertiary/aromatic N) is 3. The van der Waals surface area contributed by atoms with Gasteiger partial charge in [-0.15, -0.1) is 0 Å². The highest BCUT2D eigenvalue weighted by molar-refractivity contribution is 5.94. The third kappa shape index (κ3) is 3.62. The Hall–Kier alpha value is -3.35. The summed E-state index contributed by atoms with van der Waals surface area (Å²) in [7, 11) is 0. The van der Waals surface area contributed by atoms with Gasteiger partial charge in [-0.2, -0.15) is 0 Å². The number of aromatic hydroxyl groups is 1. The summed E-state index contributed by atoms with van der Waals surface area (Å²) < 4.78 is 0. The number of anilines is 1. The number of hydrogen-bond donors (Lipinski definition) is 3. The van der Waals surface area contributed by atoms with E-state index in [9.17, 15) is 9.90 Å². The molecule has 0 radical (unpaired) electrons.